The lowest BCUT2D eigenvalue weighted by Crippen LogP contribution is -2.24. The lowest BCUT2D eigenvalue weighted by molar-refractivity contribution is 0.0323. The van der Waals surface area contributed by atoms with Crippen LogP contribution in [0.2, 0.25) is 0 Å². The highest BCUT2D eigenvalue weighted by molar-refractivity contribution is 7.18. The molecule has 0 saturated heterocycles. The van der Waals surface area contributed by atoms with E-state index < -0.39 is 18.0 Å². The van der Waals surface area contributed by atoms with Crippen LogP contribution in [0, 0.1) is 0 Å². The van der Waals surface area contributed by atoms with Gasteiger partial charge in [-0.3, -0.25) is 9.59 Å². The Hall–Kier alpha value is -3.19. The highest BCUT2D eigenvalue weighted by atomic mass is 32.1. The number of anilines is 1. The topological polar surface area (TPSA) is 85.6 Å². The third-order valence-electron chi connectivity index (χ3n) is 4.09. The molecule has 6 nitrogen and oxygen atoms in total. The number of furan rings is 1. The summed E-state index contributed by atoms with van der Waals surface area (Å²) < 4.78 is 10.3. The minimum atomic E-state index is -0.914. The molecule has 1 amide bonds. The van der Waals surface area contributed by atoms with Gasteiger partial charge in [-0.2, -0.15) is 0 Å². The fraction of sp³-hybridized carbons (Fsp3) is 0.190. The fourth-order valence-electron chi connectivity index (χ4n) is 2.51. The molecule has 0 aliphatic carbocycles. The van der Waals surface area contributed by atoms with E-state index in [-0.39, 0.29) is 16.4 Å². The molecule has 1 N–H and O–H groups in total. The van der Waals surface area contributed by atoms with Crippen molar-refractivity contribution in [2.45, 2.75) is 26.4 Å². The van der Waals surface area contributed by atoms with Gasteiger partial charge in [-0.15, -0.1) is 11.3 Å². The summed E-state index contributed by atoms with van der Waals surface area (Å²) in [4.78, 5) is 37.0. The molecule has 0 aliphatic heterocycles. The summed E-state index contributed by atoms with van der Waals surface area (Å²) >= 11 is 1.06. The molecule has 0 spiro atoms. The Morgan fingerprint density at radius 3 is 2.50 bits per heavy atom. The number of nitrogens with one attached hydrogen (secondary N) is 1. The Bertz CT molecular complexity index is 973. The highest BCUT2D eigenvalue weighted by Crippen LogP contribution is 2.24. The first-order chi connectivity index (χ1) is 13.5. The first kappa shape index (κ1) is 19.6. The van der Waals surface area contributed by atoms with Crippen LogP contribution < -0.4 is 5.32 Å². The van der Waals surface area contributed by atoms with Crippen molar-refractivity contribution >= 4 is 34.0 Å². The van der Waals surface area contributed by atoms with Gasteiger partial charge in [0, 0.05) is 5.56 Å². The summed E-state index contributed by atoms with van der Waals surface area (Å²) in [5.74, 6) is -1.12. The Kier molecular flexibility index (Phi) is 6.06. The molecule has 28 heavy (non-hydrogen) atoms. The van der Waals surface area contributed by atoms with Crippen molar-refractivity contribution in [3.63, 3.8) is 0 Å². The molecule has 3 rings (SSSR count). The smallest absolute Gasteiger partial charge is 0.349 e. The van der Waals surface area contributed by atoms with Gasteiger partial charge >= 0.3 is 5.97 Å². The Labute approximate surface area is 166 Å². The van der Waals surface area contributed by atoms with Crippen LogP contribution in [0.5, 0.6) is 0 Å². The first-order valence-corrected chi connectivity index (χ1v) is 9.58. The van der Waals surface area contributed by atoms with E-state index in [0.717, 1.165) is 23.3 Å². The third kappa shape index (κ3) is 4.55. The van der Waals surface area contributed by atoms with Crippen LogP contribution in [0.1, 0.15) is 50.0 Å². The summed E-state index contributed by atoms with van der Waals surface area (Å²) in [6.07, 6.45) is 1.37. The van der Waals surface area contributed by atoms with Crippen LogP contribution in [0.15, 0.2) is 59.2 Å². The van der Waals surface area contributed by atoms with Crippen LogP contribution in [0.3, 0.4) is 0 Å². The second kappa shape index (κ2) is 8.67. The third-order valence-corrected chi connectivity index (χ3v) is 5.07. The Morgan fingerprint density at radius 2 is 1.86 bits per heavy atom. The van der Waals surface area contributed by atoms with Gasteiger partial charge in [0.2, 0.25) is 5.78 Å². The molecule has 0 fully saturated rings. The zero-order valence-corrected chi connectivity index (χ0v) is 16.2. The van der Waals surface area contributed by atoms with Crippen LogP contribution in [0.25, 0.3) is 0 Å². The summed E-state index contributed by atoms with van der Waals surface area (Å²) in [5, 5.41) is 3.12. The fourth-order valence-corrected chi connectivity index (χ4v) is 3.29. The Balaban J connectivity index is 1.60. The standard InChI is InChI=1S/C21H19NO5S/c1-3-14-6-8-15(9-7-14)19(23)13(2)27-21(25)17-10-11-18(28-17)22-20(24)16-5-4-12-26-16/h4-13H,3H2,1-2H3,(H,22,24). The van der Waals surface area contributed by atoms with Crippen molar-refractivity contribution in [2.75, 3.05) is 5.32 Å². The van der Waals surface area contributed by atoms with Gasteiger partial charge < -0.3 is 14.5 Å². The predicted octanol–water partition coefficient (Wildman–Crippen LogP) is 4.58. The van der Waals surface area contributed by atoms with Gasteiger partial charge in [0.05, 0.1) is 11.3 Å². The van der Waals surface area contributed by atoms with E-state index in [4.69, 9.17) is 9.15 Å². The number of amides is 1. The number of carbonyl (C=O) groups is 3. The van der Waals surface area contributed by atoms with E-state index in [0.29, 0.717) is 10.6 Å². The molecule has 144 valence electrons. The lowest BCUT2D eigenvalue weighted by atomic mass is 10.0. The quantitative estimate of drug-likeness (QED) is 0.466. The highest BCUT2D eigenvalue weighted by Gasteiger charge is 2.22. The maximum absolute atomic E-state index is 12.5. The van der Waals surface area contributed by atoms with E-state index >= 15 is 0 Å². The van der Waals surface area contributed by atoms with E-state index in [1.165, 1.54) is 12.3 Å². The van der Waals surface area contributed by atoms with Crippen molar-refractivity contribution in [3.8, 4) is 0 Å². The maximum atomic E-state index is 12.5. The van der Waals surface area contributed by atoms with Gasteiger partial charge in [-0.05, 0) is 43.2 Å². The number of esters is 1. The van der Waals surface area contributed by atoms with E-state index in [2.05, 4.69) is 5.32 Å². The average Bonchev–Trinajstić information content (AvgIpc) is 3.39. The largest absolute Gasteiger partial charge is 0.459 e. The number of Topliss-reactive ketones (excluding diaryl/α,β-unsaturated/α-hetero) is 1. The SMILES string of the molecule is CCc1ccc(C(=O)C(C)OC(=O)c2ccc(NC(=O)c3ccco3)s2)cc1. The van der Waals surface area contributed by atoms with Gasteiger partial charge in [0.1, 0.15) is 4.88 Å². The number of rotatable bonds is 7. The number of thiophene rings is 1. The molecule has 0 bridgehead atoms. The number of benzene rings is 1. The van der Waals surface area contributed by atoms with Crippen LogP contribution >= 0.6 is 11.3 Å². The molecule has 7 heteroatoms. The molecular formula is C21H19NO5S. The minimum Gasteiger partial charge on any atom is -0.459 e. The Morgan fingerprint density at radius 1 is 1.11 bits per heavy atom. The molecular weight excluding hydrogens is 378 g/mol. The number of hydrogen-bond donors (Lipinski definition) is 1. The normalized spacial score (nSPS) is 11.6. The van der Waals surface area contributed by atoms with Gasteiger partial charge in [-0.25, -0.2) is 4.79 Å². The van der Waals surface area contributed by atoms with Crippen molar-refractivity contribution < 1.29 is 23.5 Å². The summed E-state index contributed by atoms with van der Waals surface area (Å²) in [7, 11) is 0. The molecule has 0 saturated carbocycles. The number of ketones is 1. The molecule has 2 heterocycles. The maximum Gasteiger partial charge on any atom is 0.349 e. The second-order valence-corrected chi connectivity index (χ2v) is 7.14. The van der Waals surface area contributed by atoms with E-state index in [1.54, 1.807) is 37.3 Å². The molecule has 1 atom stereocenters. The minimum absolute atomic E-state index is 0.172. The molecule has 0 aliphatic rings. The summed E-state index contributed by atoms with van der Waals surface area (Å²) in [5.41, 5.74) is 1.62. The van der Waals surface area contributed by atoms with Gasteiger partial charge in [0.25, 0.3) is 5.91 Å². The average molecular weight is 397 g/mol. The zero-order chi connectivity index (χ0) is 20.1. The van der Waals surface area contributed by atoms with E-state index in [9.17, 15) is 14.4 Å². The zero-order valence-electron chi connectivity index (χ0n) is 15.4. The van der Waals surface area contributed by atoms with Crippen LogP contribution in [-0.4, -0.2) is 23.8 Å². The number of hydrogen-bond acceptors (Lipinski definition) is 6. The molecule has 3 aromatic rings. The van der Waals surface area contributed by atoms with Crippen molar-refractivity contribution in [2.24, 2.45) is 0 Å². The molecule has 2 aromatic heterocycles. The molecule has 0 radical (unpaired) electrons. The lowest BCUT2D eigenvalue weighted by Gasteiger charge is -2.12. The van der Waals surface area contributed by atoms with Gasteiger partial charge in [0.15, 0.2) is 11.9 Å². The first-order valence-electron chi connectivity index (χ1n) is 8.76. The van der Waals surface area contributed by atoms with Crippen molar-refractivity contribution in [1.29, 1.82) is 0 Å². The van der Waals surface area contributed by atoms with Crippen LogP contribution in [-0.2, 0) is 11.2 Å². The monoisotopic (exact) mass is 397 g/mol. The molecule has 1 unspecified atom stereocenters. The summed E-state index contributed by atoms with van der Waals surface area (Å²) in [6, 6.07) is 13.5. The molecule has 1 aromatic carbocycles. The van der Waals surface area contributed by atoms with Crippen LogP contribution in [0.4, 0.5) is 5.00 Å². The second-order valence-electron chi connectivity index (χ2n) is 6.06. The number of ether oxygens (including phenoxy) is 1. The number of aryl methyl sites for hydroxylation is 1. The van der Waals surface area contributed by atoms with Gasteiger partial charge in [-0.1, -0.05) is 31.2 Å². The van der Waals surface area contributed by atoms with Crippen molar-refractivity contribution in [1.82, 2.24) is 0 Å². The van der Waals surface area contributed by atoms with E-state index in [1.807, 2.05) is 19.1 Å². The summed E-state index contributed by atoms with van der Waals surface area (Å²) in [6.45, 7) is 3.58. The van der Waals surface area contributed by atoms with Crippen molar-refractivity contribution in [3.05, 3.63) is 76.6 Å². The number of carbonyl (C=O) groups excluding carboxylic acids is 3. The predicted molar refractivity (Wildman–Crippen MR) is 106 cm³/mol.